The molecule has 1 aromatic rings. The van der Waals surface area contributed by atoms with Gasteiger partial charge in [0.05, 0.1) is 0 Å². The Morgan fingerprint density at radius 1 is 1.14 bits per heavy atom. The van der Waals surface area contributed by atoms with Crippen molar-refractivity contribution in [3.63, 3.8) is 0 Å². The molecule has 1 heterocycles. The van der Waals surface area contributed by atoms with Gasteiger partial charge in [0.1, 0.15) is 0 Å². The third kappa shape index (κ3) is 4.76. The van der Waals surface area contributed by atoms with Gasteiger partial charge in [0.15, 0.2) is 0 Å². The van der Waals surface area contributed by atoms with E-state index in [9.17, 15) is 0 Å². The van der Waals surface area contributed by atoms with Gasteiger partial charge in [0.25, 0.3) is 0 Å². The number of H-pyrrole nitrogens is 1. The second-order valence-corrected chi connectivity index (χ2v) is 0.885. The van der Waals surface area contributed by atoms with Crippen molar-refractivity contribution in [2.45, 2.75) is 0 Å². The van der Waals surface area contributed by atoms with Crippen LogP contribution in [0.4, 0.5) is 0 Å². The van der Waals surface area contributed by atoms with Crippen LogP contribution in [0.5, 0.6) is 0 Å². The van der Waals surface area contributed by atoms with Crippen LogP contribution >= 0.6 is 0 Å². The molecule has 1 nitrogen and oxygen atoms in total. The molecule has 7 heavy (non-hydrogen) atoms. The number of aromatic nitrogens is 1. The Balaban J connectivity index is -0.0000000833. The molecule has 0 spiro atoms. The van der Waals surface area contributed by atoms with Gasteiger partial charge in [-0.15, -0.1) is 0 Å². The smallest absolute Gasteiger partial charge is 1.00 e. The fourth-order valence-corrected chi connectivity index (χ4v) is 0.278. The van der Waals surface area contributed by atoms with Crippen LogP contribution in [0.15, 0.2) is 24.5 Å². The van der Waals surface area contributed by atoms with Crippen molar-refractivity contribution in [1.29, 1.82) is 0 Å². The molecule has 0 aliphatic carbocycles. The molecule has 0 atom stereocenters. The zero-order chi connectivity index (χ0) is 3.54. The van der Waals surface area contributed by atoms with Gasteiger partial charge in [-0.2, -0.15) is 0 Å². The van der Waals surface area contributed by atoms with Crippen molar-refractivity contribution >= 4 is 0 Å². The standard InChI is InChI=1S/C4H5N.Na.Zn.H/c1-2-4-5-3-1;;;/h1-5H;;;/q;+1;;-1. The topological polar surface area (TPSA) is 15.8 Å². The summed E-state index contributed by atoms with van der Waals surface area (Å²) in [7, 11) is 0. The van der Waals surface area contributed by atoms with Crippen LogP contribution in [0.25, 0.3) is 0 Å². The molecule has 0 aromatic carbocycles. The summed E-state index contributed by atoms with van der Waals surface area (Å²) in [6.45, 7) is 0. The first kappa shape index (κ1) is 10.8. The van der Waals surface area contributed by atoms with E-state index in [1.54, 1.807) is 0 Å². The molecule has 0 saturated heterocycles. The van der Waals surface area contributed by atoms with Crippen molar-refractivity contribution in [2.24, 2.45) is 0 Å². The fraction of sp³-hybridized carbons (Fsp3) is 0. The number of hydrogen-bond acceptors (Lipinski definition) is 0. The summed E-state index contributed by atoms with van der Waals surface area (Å²) in [4.78, 5) is 2.86. The minimum Gasteiger partial charge on any atom is -1.00 e. The van der Waals surface area contributed by atoms with Gasteiger partial charge < -0.3 is 6.41 Å². The average Bonchev–Trinajstić information content (AvgIpc) is 1.76. The summed E-state index contributed by atoms with van der Waals surface area (Å²) in [6.07, 6.45) is 3.75. The van der Waals surface area contributed by atoms with E-state index in [1.807, 2.05) is 24.5 Å². The van der Waals surface area contributed by atoms with Gasteiger partial charge in [-0.3, -0.25) is 0 Å². The van der Waals surface area contributed by atoms with Gasteiger partial charge >= 0.3 is 29.6 Å². The maximum Gasteiger partial charge on any atom is 1.00 e. The first-order chi connectivity index (χ1) is 2.50. The van der Waals surface area contributed by atoms with Crippen molar-refractivity contribution < 1.29 is 50.5 Å². The molecule has 1 N–H and O–H groups in total. The Labute approximate surface area is 79.4 Å². The number of aromatic amines is 1. The second-order valence-electron chi connectivity index (χ2n) is 0.885. The minimum absolute atomic E-state index is 0. The van der Waals surface area contributed by atoms with Crippen molar-refractivity contribution in [1.82, 2.24) is 4.98 Å². The monoisotopic (exact) mass is 155 g/mol. The Hall–Kier alpha value is 0.903. The predicted octanol–water partition coefficient (Wildman–Crippen LogP) is -1.87. The van der Waals surface area contributed by atoms with Crippen LogP contribution in [0.3, 0.4) is 0 Å². The molecule has 0 aliphatic heterocycles. The maximum absolute atomic E-state index is 2.86. The van der Waals surface area contributed by atoms with Crippen LogP contribution in [0.2, 0.25) is 0 Å². The SMILES string of the molecule is [H-].[Na+].[Zn].c1cc[nH]c1. The molecule has 0 unspecified atom stereocenters. The van der Waals surface area contributed by atoms with E-state index in [1.165, 1.54) is 0 Å². The van der Waals surface area contributed by atoms with Crippen molar-refractivity contribution in [3.05, 3.63) is 24.5 Å². The summed E-state index contributed by atoms with van der Waals surface area (Å²) in [5, 5.41) is 0. The molecule has 0 saturated carbocycles. The Morgan fingerprint density at radius 2 is 1.57 bits per heavy atom. The molecule has 0 radical (unpaired) electrons. The number of rotatable bonds is 0. The van der Waals surface area contributed by atoms with Gasteiger partial charge in [-0.25, -0.2) is 0 Å². The average molecular weight is 156 g/mol. The van der Waals surface area contributed by atoms with Crippen LogP contribution < -0.4 is 29.6 Å². The first-order valence-electron chi connectivity index (χ1n) is 1.58. The van der Waals surface area contributed by atoms with Gasteiger partial charge in [0.2, 0.25) is 0 Å². The molecule has 0 amide bonds. The van der Waals surface area contributed by atoms with E-state index < -0.39 is 0 Å². The summed E-state index contributed by atoms with van der Waals surface area (Å²) in [5.74, 6) is 0. The molecule has 3 heteroatoms. The van der Waals surface area contributed by atoms with Crippen LogP contribution in [0.1, 0.15) is 1.43 Å². The second kappa shape index (κ2) is 6.90. The third-order valence-electron chi connectivity index (χ3n) is 0.496. The van der Waals surface area contributed by atoms with E-state index >= 15 is 0 Å². The van der Waals surface area contributed by atoms with Gasteiger partial charge in [-0.1, -0.05) is 0 Å². The van der Waals surface area contributed by atoms with Crippen LogP contribution in [-0.2, 0) is 19.5 Å². The first-order valence-corrected chi connectivity index (χ1v) is 1.58. The molecule has 0 fully saturated rings. The van der Waals surface area contributed by atoms with Crippen LogP contribution in [-0.4, -0.2) is 4.98 Å². The summed E-state index contributed by atoms with van der Waals surface area (Å²) >= 11 is 0. The molecule has 0 bridgehead atoms. The van der Waals surface area contributed by atoms with E-state index in [0.717, 1.165) is 0 Å². The largest absolute Gasteiger partial charge is 1.00 e. The van der Waals surface area contributed by atoms with E-state index in [0.29, 0.717) is 0 Å². The minimum atomic E-state index is 0. The summed E-state index contributed by atoms with van der Waals surface area (Å²) in [6, 6.07) is 3.89. The third-order valence-corrected chi connectivity index (χ3v) is 0.496. The molecule has 0 aliphatic rings. The maximum atomic E-state index is 2.86. The molecule has 30 valence electrons. The Morgan fingerprint density at radius 3 is 1.71 bits per heavy atom. The molecular formula is C4H6NNaZn. The van der Waals surface area contributed by atoms with E-state index in [4.69, 9.17) is 0 Å². The quantitative estimate of drug-likeness (QED) is 0.424. The molecule has 1 aromatic heterocycles. The van der Waals surface area contributed by atoms with Crippen molar-refractivity contribution in [2.75, 3.05) is 0 Å². The molecule has 1 rings (SSSR count). The van der Waals surface area contributed by atoms with E-state index in [2.05, 4.69) is 4.98 Å². The summed E-state index contributed by atoms with van der Waals surface area (Å²) < 4.78 is 0. The van der Waals surface area contributed by atoms with E-state index in [-0.39, 0.29) is 50.5 Å². The number of nitrogens with one attached hydrogen (secondary N) is 1. The van der Waals surface area contributed by atoms with Crippen molar-refractivity contribution in [3.8, 4) is 0 Å². The Kier molecular flexibility index (Phi) is 10.7. The zero-order valence-corrected chi connectivity index (χ0v) is 9.48. The fourth-order valence-electron chi connectivity index (χ4n) is 0.278. The Bertz CT molecular complexity index is 72.5. The van der Waals surface area contributed by atoms with Crippen LogP contribution in [0, 0.1) is 0 Å². The normalized spacial score (nSPS) is 5.71. The predicted molar refractivity (Wildman–Crippen MR) is 21.9 cm³/mol. The van der Waals surface area contributed by atoms with Gasteiger partial charge in [0, 0.05) is 31.9 Å². The summed E-state index contributed by atoms with van der Waals surface area (Å²) in [5.41, 5.74) is 0. The number of hydrogen-bond donors (Lipinski definition) is 1. The molecular weight excluding hydrogens is 150 g/mol. The zero-order valence-electron chi connectivity index (χ0n) is 5.52. The van der Waals surface area contributed by atoms with Gasteiger partial charge in [-0.05, 0) is 12.1 Å².